The first-order chi connectivity index (χ1) is 6.38. The molecule has 82 valence electrons. The molecule has 5 nitrogen and oxygen atoms in total. The van der Waals surface area contributed by atoms with E-state index in [-0.39, 0.29) is 11.8 Å². The Kier molecular flexibility index (Phi) is 3.49. The molecule has 0 aliphatic carbocycles. The maximum absolute atomic E-state index is 11.4. The summed E-state index contributed by atoms with van der Waals surface area (Å²) in [6.45, 7) is 1.70. The molecule has 0 aromatic heterocycles. The third-order valence-corrected chi connectivity index (χ3v) is 2.95. The highest BCUT2D eigenvalue weighted by Crippen LogP contribution is 2.15. The monoisotopic (exact) mass is 220 g/mol. The van der Waals surface area contributed by atoms with Crippen LogP contribution in [0.3, 0.4) is 0 Å². The third-order valence-electron chi connectivity index (χ3n) is 2.38. The minimum absolute atomic E-state index is 0.152. The molecule has 1 aliphatic heterocycles. The van der Waals surface area contributed by atoms with Gasteiger partial charge in [0.15, 0.2) is 0 Å². The molecule has 0 unspecified atom stereocenters. The van der Waals surface area contributed by atoms with Gasteiger partial charge in [0.25, 0.3) is 0 Å². The standard InChI is InChI=1S/C8H16N2O3S/c1-10-5-3-7(4-6-10)8(11)9-14(2,12)13/h7H,3-6H2,1-2H3,(H,9,11). The van der Waals surface area contributed by atoms with Crippen molar-refractivity contribution in [2.24, 2.45) is 5.92 Å². The first-order valence-electron chi connectivity index (χ1n) is 4.58. The maximum Gasteiger partial charge on any atom is 0.236 e. The van der Waals surface area contributed by atoms with Gasteiger partial charge in [0.1, 0.15) is 0 Å². The summed E-state index contributed by atoms with van der Waals surface area (Å²) in [5.41, 5.74) is 0. The second kappa shape index (κ2) is 4.27. The fourth-order valence-electron chi connectivity index (χ4n) is 1.54. The van der Waals surface area contributed by atoms with Crippen LogP contribution in [-0.2, 0) is 14.8 Å². The van der Waals surface area contributed by atoms with Crippen LogP contribution in [0.2, 0.25) is 0 Å². The lowest BCUT2D eigenvalue weighted by Crippen LogP contribution is -2.40. The summed E-state index contributed by atoms with van der Waals surface area (Å²) < 4.78 is 23.6. The molecule has 1 saturated heterocycles. The Bertz CT molecular complexity index is 305. The average Bonchev–Trinajstić information content (AvgIpc) is 2.02. The number of nitrogens with one attached hydrogen (secondary N) is 1. The van der Waals surface area contributed by atoms with Gasteiger partial charge in [0, 0.05) is 5.92 Å². The number of carbonyl (C=O) groups excluding carboxylic acids is 1. The van der Waals surface area contributed by atoms with E-state index in [1.165, 1.54) is 0 Å². The number of sulfonamides is 1. The van der Waals surface area contributed by atoms with E-state index in [1.54, 1.807) is 0 Å². The molecule has 0 saturated carbocycles. The van der Waals surface area contributed by atoms with Crippen molar-refractivity contribution < 1.29 is 13.2 Å². The molecule has 1 aliphatic rings. The topological polar surface area (TPSA) is 66.5 Å². The van der Waals surface area contributed by atoms with Crippen LogP contribution in [0.25, 0.3) is 0 Å². The number of rotatable bonds is 2. The van der Waals surface area contributed by atoms with Crippen molar-refractivity contribution in [2.75, 3.05) is 26.4 Å². The molecule has 0 radical (unpaired) electrons. The van der Waals surface area contributed by atoms with E-state index in [2.05, 4.69) is 4.90 Å². The number of carbonyl (C=O) groups is 1. The van der Waals surface area contributed by atoms with E-state index in [9.17, 15) is 13.2 Å². The Labute approximate surface area is 84.5 Å². The highest BCUT2D eigenvalue weighted by molar-refractivity contribution is 7.89. The summed E-state index contributed by atoms with van der Waals surface area (Å²) in [5, 5.41) is 0. The Morgan fingerprint density at radius 1 is 1.36 bits per heavy atom. The smallest absolute Gasteiger partial charge is 0.236 e. The van der Waals surface area contributed by atoms with E-state index in [0.717, 1.165) is 32.2 Å². The van der Waals surface area contributed by atoms with Crippen molar-refractivity contribution in [2.45, 2.75) is 12.8 Å². The summed E-state index contributed by atoms with van der Waals surface area (Å²) in [6, 6.07) is 0. The number of nitrogens with zero attached hydrogens (tertiary/aromatic N) is 1. The minimum atomic E-state index is -3.40. The Morgan fingerprint density at radius 3 is 2.29 bits per heavy atom. The molecule has 14 heavy (non-hydrogen) atoms. The molecule has 6 heteroatoms. The zero-order valence-electron chi connectivity index (χ0n) is 8.49. The highest BCUT2D eigenvalue weighted by Gasteiger charge is 2.24. The molecule has 1 rings (SSSR count). The maximum atomic E-state index is 11.4. The molecular weight excluding hydrogens is 204 g/mol. The van der Waals surface area contributed by atoms with Gasteiger partial charge in [-0.1, -0.05) is 0 Å². The number of hydrogen-bond acceptors (Lipinski definition) is 4. The molecule has 1 heterocycles. The molecule has 1 N–H and O–H groups in total. The quantitative estimate of drug-likeness (QED) is 0.675. The predicted molar refractivity (Wildman–Crippen MR) is 53.2 cm³/mol. The van der Waals surface area contributed by atoms with E-state index in [4.69, 9.17) is 0 Å². The molecule has 0 spiro atoms. The fraction of sp³-hybridized carbons (Fsp3) is 0.875. The van der Waals surface area contributed by atoms with E-state index < -0.39 is 10.0 Å². The highest BCUT2D eigenvalue weighted by atomic mass is 32.2. The fourth-order valence-corrected chi connectivity index (χ4v) is 2.07. The summed E-state index contributed by atoms with van der Waals surface area (Å²) in [6.07, 6.45) is 2.47. The Morgan fingerprint density at radius 2 is 1.86 bits per heavy atom. The summed E-state index contributed by atoms with van der Waals surface area (Å²) >= 11 is 0. The van der Waals surface area contributed by atoms with Gasteiger partial charge < -0.3 is 4.90 Å². The molecule has 1 amide bonds. The van der Waals surface area contributed by atoms with Gasteiger partial charge in [0.05, 0.1) is 6.26 Å². The summed E-state index contributed by atoms with van der Waals surface area (Å²) in [7, 11) is -1.41. The van der Waals surface area contributed by atoms with Gasteiger partial charge in [-0.3, -0.25) is 9.52 Å². The number of likely N-dealkylation sites (tertiary alicyclic amines) is 1. The first-order valence-corrected chi connectivity index (χ1v) is 6.48. The van der Waals surface area contributed by atoms with Crippen LogP contribution < -0.4 is 4.72 Å². The van der Waals surface area contributed by atoms with Gasteiger partial charge in [-0.25, -0.2) is 8.42 Å². The van der Waals surface area contributed by atoms with Gasteiger partial charge in [-0.05, 0) is 33.0 Å². The van der Waals surface area contributed by atoms with Crippen molar-refractivity contribution in [1.82, 2.24) is 9.62 Å². The van der Waals surface area contributed by atoms with E-state index in [1.807, 2.05) is 11.8 Å². The first kappa shape index (κ1) is 11.5. The van der Waals surface area contributed by atoms with Crippen LogP contribution >= 0.6 is 0 Å². The van der Waals surface area contributed by atoms with Gasteiger partial charge >= 0.3 is 0 Å². The normalized spacial score (nSPS) is 20.7. The summed E-state index contributed by atoms with van der Waals surface area (Å²) in [5.74, 6) is -0.512. The molecule has 0 aromatic carbocycles. The number of piperidine rings is 1. The third kappa shape index (κ3) is 3.63. The predicted octanol–water partition coefficient (Wildman–Crippen LogP) is -0.596. The second-order valence-electron chi connectivity index (χ2n) is 3.82. The van der Waals surface area contributed by atoms with Gasteiger partial charge in [0.2, 0.25) is 15.9 Å². The van der Waals surface area contributed by atoms with E-state index in [0.29, 0.717) is 0 Å². The zero-order valence-corrected chi connectivity index (χ0v) is 9.30. The number of hydrogen-bond donors (Lipinski definition) is 1. The summed E-state index contributed by atoms with van der Waals surface area (Å²) in [4.78, 5) is 13.5. The van der Waals surface area contributed by atoms with Gasteiger partial charge in [-0.2, -0.15) is 0 Å². The minimum Gasteiger partial charge on any atom is -0.306 e. The molecule has 0 bridgehead atoms. The lowest BCUT2D eigenvalue weighted by Gasteiger charge is -2.27. The van der Waals surface area contributed by atoms with Crippen LogP contribution in [0.1, 0.15) is 12.8 Å². The lowest BCUT2D eigenvalue weighted by molar-refractivity contribution is -0.124. The number of amides is 1. The van der Waals surface area contributed by atoms with Crippen LogP contribution in [0.5, 0.6) is 0 Å². The largest absolute Gasteiger partial charge is 0.306 e. The molecule has 0 aromatic rings. The van der Waals surface area contributed by atoms with Crippen LogP contribution in [0, 0.1) is 5.92 Å². The van der Waals surface area contributed by atoms with Crippen molar-refractivity contribution >= 4 is 15.9 Å². The second-order valence-corrected chi connectivity index (χ2v) is 5.56. The van der Waals surface area contributed by atoms with Crippen molar-refractivity contribution in [3.63, 3.8) is 0 Å². The van der Waals surface area contributed by atoms with Gasteiger partial charge in [-0.15, -0.1) is 0 Å². The van der Waals surface area contributed by atoms with Crippen LogP contribution in [0.15, 0.2) is 0 Å². The van der Waals surface area contributed by atoms with Crippen LogP contribution in [0.4, 0.5) is 0 Å². The molecular formula is C8H16N2O3S. The molecule has 0 atom stereocenters. The van der Waals surface area contributed by atoms with Crippen LogP contribution in [-0.4, -0.2) is 45.6 Å². The zero-order chi connectivity index (χ0) is 10.8. The van der Waals surface area contributed by atoms with E-state index >= 15 is 0 Å². The molecule has 1 fully saturated rings. The lowest BCUT2D eigenvalue weighted by atomic mass is 9.97. The Hall–Kier alpha value is -0.620. The Balaban J connectivity index is 2.46. The van der Waals surface area contributed by atoms with Crippen molar-refractivity contribution in [1.29, 1.82) is 0 Å². The van der Waals surface area contributed by atoms with Crippen molar-refractivity contribution in [3.8, 4) is 0 Å². The SMILES string of the molecule is CN1CCC(C(=O)NS(C)(=O)=O)CC1. The average molecular weight is 220 g/mol. The van der Waals surface area contributed by atoms with Crippen molar-refractivity contribution in [3.05, 3.63) is 0 Å².